The number of aliphatic carboxylic acids is 1. The summed E-state index contributed by atoms with van der Waals surface area (Å²) in [6, 6.07) is 6.77. The van der Waals surface area contributed by atoms with Crippen molar-refractivity contribution in [2.45, 2.75) is 12.2 Å². The van der Waals surface area contributed by atoms with Crippen LogP contribution >= 0.6 is 22.6 Å². The number of carbonyl (C=O) groups is 2. The molecule has 0 bridgehead atoms. The third kappa shape index (κ3) is 3.65. The van der Waals surface area contributed by atoms with Crippen molar-refractivity contribution in [3.8, 4) is 0 Å². The Bertz CT molecular complexity index is 436. The van der Waals surface area contributed by atoms with Gasteiger partial charge in [-0.15, -0.1) is 0 Å². The molecule has 17 heavy (non-hydrogen) atoms. The minimum absolute atomic E-state index is 0.440. The molecule has 0 aliphatic carbocycles. The average molecular weight is 351 g/mol. The first kappa shape index (κ1) is 13.9. The number of aliphatic hydroxyl groups is 2. The quantitative estimate of drug-likeness (QED) is 0.573. The Hall–Kier alpha value is -1.19. The summed E-state index contributed by atoms with van der Waals surface area (Å²) in [6.45, 7) is 0. The van der Waals surface area contributed by atoms with Gasteiger partial charge in [-0.1, -0.05) is 12.1 Å². The van der Waals surface area contributed by atoms with Gasteiger partial charge in [0.05, 0.1) is 5.69 Å². The number of aliphatic hydroxyl groups excluding tert-OH is 2. The molecule has 0 aliphatic rings. The maximum absolute atomic E-state index is 11.4. The molecular formula is C10H10INO5. The number of hydrogen-bond acceptors (Lipinski definition) is 4. The summed E-state index contributed by atoms with van der Waals surface area (Å²) < 4.78 is 0.732. The molecule has 2 unspecified atom stereocenters. The molecule has 0 aliphatic heterocycles. The van der Waals surface area contributed by atoms with Crippen molar-refractivity contribution in [3.63, 3.8) is 0 Å². The van der Waals surface area contributed by atoms with E-state index >= 15 is 0 Å². The fourth-order valence-corrected chi connectivity index (χ4v) is 1.57. The zero-order valence-electron chi connectivity index (χ0n) is 8.50. The second-order valence-corrected chi connectivity index (χ2v) is 4.36. The van der Waals surface area contributed by atoms with Crippen molar-refractivity contribution in [2.75, 3.05) is 5.32 Å². The number of benzene rings is 1. The molecule has 0 spiro atoms. The van der Waals surface area contributed by atoms with Crippen molar-refractivity contribution in [1.29, 1.82) is 0 Å². The maximum atomic E-state index is 11.4. The van der Waals surface area contributed by atoms with Crippen LogP contribution < -0.4 is 5.32 Å². The second-order valence-electron chi connectivity index (χ2n) is 3.20. The predicted molar refractivity (Wildman–Crippen MR) is 67.4 cm³/mol. The molecular weight excluding hydrogens is 341 g/mol. The maximum Gasteiger partial charge on any atom is 0.335 e. The smallest absolute Gasteiger partial charge is 0.335 e. The average Bonchev–Trinajstić information content (AvgIpc) is 2.30. The van der Waals surface area contributed by atoms with E-state index in [1.54, 1.807) is 24.3 Å². The van der Waals surface area contributed by atoms with Gasteiger partial charge in [0.15, 0.2) is 12.2 Å². The minimum atomic E-state index is -2.14. The van der Waals surface area contributed by atoms with Gasteiger partial charge in [0.2, 0.25) is 0 Å². The van der Waals surface area contributed by atoms with Gasteiger partial charge >= 0.3 is 5.97 Å². The van der Waals surface area contributed by atoms with E-state index in [4.69, 9.17) is 10.2 Å². The zero-order valence-corrected chi connectivity index (χ0v) is 10.7. The van der Waals surface area contributed by atoms with Gasteiger partial charge in [0.25, 0.3) is 5.91 Å². The Morgan fingerprint density at radius 2 is 1.76 bits per heavy atom. The molecule has 0 heterocycles. The molecule has 4 N–H and O–H groups in total. The number of amides is 1. The molecule has 2 atom stereocenters. The molecule has 92 valence electrons. The number of carboxylic acid groups (broad SMARTS) is 1. The van der Waals surface area contributed by atoms with Crippen LogP contribution in [0.3, 0.4) is 0 Å². The fourth-order valence-electron chi connectivity index (χ4n) is 1.05. The molecule has 7 heteroatoms. The molecule has 1 aromatic carbocycles. The molecule has 0 aromatic heterocycles. The first-order valence-electron chi connectivity index (χ1n) is 4.58. The van der Waals surface area contributed by atoms with Crippen LogP contribution in [0, 0.1) is 3.57 Å². The van der Waals surface area contributed by atoms with Crippen molar-refractivity contribution in [2.24, 2.45) is 0 Å². The highest BCUT2D eigenvalue weighted by Crippen LogP contribution is 2.17. The molecule has 0 radical (unpaired) electrons. The molecule has 1 rings (SSSR count). The van der Waals surface area contributed by atoms with Crippen molar-refractivity contribution in [1.82, 2.24) is 0 Å². The minimum Gasteiger partial charge on any atom is -0.479 e. The lowest BCUT2D eigenvalue weighted by atomic mass is 10.2. The van der Waals surface area contributed by atoms with E-state index in [2.05, 4.69) is 5.32 Å². The van der Waals surface area contributed by atoms with Gasteiger partial charge in [0.1, 0.15) is 0 Å². The molecule has 0 saturated carbocycles. The van der Waals surface area contributed by atoms with Gasteiger partial charge in [-0.25, -0.2) is 4.79 Å². The van der Waals surface area contributed by atoms with Crippen LogP contribution in [0.1, 0.15) is 0 Å². The first-order valence-corrected chi connectivity index (χ1v) is 5.65. The lowest BCUT2D eigenvalue weighted by Gasteiger charge is -2.14. The lowest BCUT2D eigenvalue weighted by molar-refractivity contribution is -0.156. The number of rotatable bonds is 4. The Balaban J connectivity index is 2.73. The standard InChI is InChI=1S/C10H10INO5/c11-5-3-1-2-4-6(5)12-9(15)7(13)8(14)10(16)17/h1-4,7-8,13-14H,(H,12,15)(H,16,17). The predicted octanol–water partition coefficient (Wildman–Crippen LogP) is 0.0361. The highest BCUT2D eigenvalue weighted by Gasteiger charge is 2.30. The summed E-state index contributed by atoms with van der Waals surface area (Å²) in [4.78, 5) is 21.8. The van der Waals surface area contributed by atoms with Crippen molar-refractivity contribution >= 4 is 40.2 Å². The number of carboxylic acids is 1. The molecule has 0 saturated heterocycles. The third-order valence-corrected chi connectivity index (χ3v) is 2.89. The van der Waals surface area contributed by atoms with Crippen LogP contribution in [-0.2, 0) is 9.59 Å². The molecule has 6 nitrogen and oxygen atoms in total. The van der Waals surface area contributed by atoms with Gasteiger partial charge < -0.3 is 20.6 Å². The first-order chi connectivity index (χ1) is 7.93. The van der Waals surface area contributed by atoms with E-state index in [1.165, 1.54) is 0 Å². The van der Waals surface area contributed by atoms with Crippen LogP contribution in [0.4, 0.5) is 5.69 Å². The van der Waals surface area contributed by atoms with Crippen LogP contribution in [0.2, 0.25) is 0 Å². The highest BCUT2D eigenvalue weighted by atomic mass is 127. The summed E-state index contributed by atoms with van der Waals surface area (Å²) in [5, 5.41) is 29.0. The Kier molecular flexibility index (Phi) is 4.85. The topological polar surface area (TPSA) is 107 Å². The van der Waals surface area contributed by atoms with Crippen LogP contribution in [-0.4, -0.2) is 39.4 Å². The monoisotopic (exact) mass is 351 g/mol. The van der Waals surface area contributed by atoms with E-state index in [-0.39, 0.29) is 0 Å². The Morgan fingerprint density at radius 3 is 2.29 bits per heavy atom. The number of carbonyl (C=O) groups excluding carboxylic acids is 1. The summed E-state index contributed by atoms with van der Waals surface area (Å²) in [6.07, 6.45) is -4.15. The zero-order chi connectivity index (χ0) is 13.0. The van der Waals surface area contributed by atoms with Gasteiger partial charge in [0, 0.05) is 3.57 Å². The number of nitrogens with one attached hydrogen (secondary N) is 1. The van der Waals surface area contributed by atoms with Gasteiger partial charge in [-0.3, -0.25) is 4.79 Å². The van der Waals surface area contributed by atoms with Crippen LogP contribution in [0.5, 0.6) is 0 Å². The van der Waals surface area contributed by atoms with Crippen LogP contribution in [0.25, 0.3) is 0 Å². The second kappa shape index (κ2) is 5.94. The van der Waals surface area contributed by atoms with E-state index in [1.807, 2.05) is 22.6 Å². The van der Waals surface area contributed by atoms with E-state index in [0.29, 0.717) is 5.69 Å². The highest BCUT2D eigenvalue weighted by molar-refractivity contribution is 14.1. The lowest BCUT2D eigenvalue weighted by Crippen LogP contribution is -2.42. The van der Waals surface area contributed by atoms with Gasteiger partial charge in [-0.05, 0) is 34.7 Å². The van der Waals surface area contributed by atoms with Crippen molar-refractivity contribution < 1.29 is 24.9 Å². The summed E-state index contributed by atoms with van der Waals surface area (Å²) in [7, 11) is 0. The van der Waals surface area contributed by atoms with Crippen molar-refractivity contribution in [3.05, 3.63) is 27.8 Å². The number of para-hydroxylation sites is 1. The number of hydrogen-bond donors (Lipinski definition) is 4. The molecule has 1 aromatic rings. The Morgan fingerprint density at radius 1 is 1.18 bits per heavy atom. The number of anilines is 1. The summed E-state index contributed by atoms with van der Waals surface area (Å²) >= 11 is 1.97. The molecule has 0 fully saturated rings. The van der Waals surface area contributed by atoms with E-state index in [9.17, 15) is 14.7 Å². The van der Waals surface area contributed by atoms with Gasteiger partial charge in [-0.2, -0.15) is 0 Å². The fraction of sp³-hybridized carbons (Fsp3) is 0.200. The van der Waals surface area contributed by atoms with E-state index < -0.39 is 24.1 Å². The molecule has 1 amide bonds. The third-order valence-electron chi connectivity index (χ3n) is 1.95. The van der Waals surface area contributed by atoms with E-state index in [0.717, 1.165) is 3.57 Å². The summed E-state index contributed by atoms with van der Waals surface area (Å²) in [5.74, 6) is -2.63. The largest absolute Gasteiger partial charge is 0.479 e. The number of halogens is 1. The Labute approximate surface area is 110 Å². The summed E-state index contributed by atoms with van der Waals surface area (Å²) in [5.41, 5.74) is 0.440. The SMILES string of the molecule is O=C(O)C(O)C(O)C(=O)Nc1ccccc1I. The normalized spacial score (nSPS) is 13.8. The van der Waals surface area contributed by atoms with Crippen LogP contribution in [0.15, 0.2) is 24.3 Å².